The van der Waals surface area contributed by atoms with Crippen LogP contribution in [0.15, 0.2) is 54.6 Å². The van der Waals surface area contributed by atoms with Crippen LogP contribution in [0, 0.1) is 5.92 Å². The van der Waals surface area contributed by atoms with Gasteiger partial charge in [-0.2, -0.15) is 0 Å². The molecule has 0 spiro atoms. The maximum absolute atomic E-state index is 13.3. The fraction of sp³-hybridized carbons (Fsp3) is 0.154. The summed E-state index contributed by atoms with van der Waals surface area (Å²) >= 11 is 2.87. The molecule has 16 heavy (non-hydrogen) atoms. The lowest BCUT2D eigenvalue weighted by Gasteiger charge is -2.16. The molecule has 0 N–H and O–H groups in total. The zero-order chi connectivity index (χ0) is 11.6. The summed E-state index contributed by atoms with van der Waals surface area (Å²) in [7, 11) is 0. The van der Waals surface area contributed by atoms with E-state index in [1.165, 1.54) is 12.2 Å². The van der Waals surface area contributed by atoms with E-state index >= 15 is 0 Å². The second kappa shape index (κ2) is 4.34. The van der Waals surface area contributed by atoms with Gasteiger partial charge in [0.25, 0.3) is 0 Å². The van der Waals surface area contributed by atoms with Crippen LogP contribution in [0.5, 0.6) is 0 Å². The zero-order valence-electron chi connectivity index (χ0n) is 8.44. The predicted octanol–water partition coefficient (Wildman–Crippen LogP) is 3.67. The lowest BCUT2D eigenvalue weighted by Crippen LogP contribution is -2.17. The quantitative estimate of drug-likeness (QED) is 0.459. The highest BCUT2D eigenvalue weighted by Gasteiger charge is 2.25. The number of rotatable bonds is 2. The molecule has 0 aliphatic heterocycles. The van der Waals surface area contributed by atoms with E-state index in [4.69, 9.17) is 0 Å². The van der Waals surface area contributed by atoms with Crippen molar-refractivity contribution in [1.29, 1.82) is 0 Å². The van der Waals surface area contributed by atoms with Gasteiger partial charge in [0, 0.05) is 5.56 Å². The summed E-state index contributed by atoms with van der Waals surface area (Å²) in [5.74, 6) is -0.389. The van der Waals surface area contributed by atoms with E-state index in [1.807, 2.05) is 18.2 Å². The Bertz CT molecular complexity index is 432. The first-order chi connectivity index (χ1) is 7.58. The van der Waals surface area contributed by atoms with Gasteiger partial charge in [-0.25, -0.2) is 4.39 Å². The highest BCUT2D eigenvalue weighted by atomic mass is 79.9. The van der Waals surface area contributed by atoms with Gasteiger partial charge < -0.3 is 0 Å². The Kier molecular flexibility index (Phi) is 3.06. The second-order valence-electron chi connectivity index (χ2n) is 3.65. The van der Waals surface area contributed by atoms with E-state index < -0.39 is 4.58 Å². The fourth-order valence-electron chi connectivity index (χ4n) is 1.55. The monoisotopic (exact) mass is 280 g/mol. The van der Waals surface area contributed by atoms with Crippen LogP contribution in [0.2, 0.25) is 0 Å². The van der Waals surface area contributed by atoms with Gasteiger partial charge in [-0.15, -0.1) is 0 Å². The number of hydrogen-bond donors (Lipinski definition) is 0. The molecule has 82 valence electrons. The highest BCUT2D eigenvalue weighted by molar-refractivity contribution is 9.10. The van der Waals surface area contributed by atoms with Gasteiger partial charge in [0.05, 0.1) is 5.92 Å². The number of benzene rings is 1. The Morgan fingerprint density at radius 1 is 1.19 bits per heavy atom. The molecule has 1 aromatic carbocycles. The Hall–Kier alpha value is -1.22. The highest BCUT2D eigenvalue weighted by Crippen LogP contribution is 2.29. The molecule has 0 bridgehead atoms. The van der Waals surface area contributed by atoms with E-state index in [-0.39, 0.29) is 11.7 Å². The first-order valence-electron chi connectivity index (χ1n) is 4.94. The summed E-state index contributed by atoms with van der Waals surface area (Å²) in [6.07, 6.45) is 5.84. The summed E-state index contributed by atoms with van der Waals surface area (Å²) in [4.78, 5) is 12.0. The molecule has 2 rings (SSSR count). The Balaban J connectivity index is 2.18. The average Bonchev–Trinajstić information content (AvgIpc) is 2.29. The molecule has 1 aliphatic rings. The Morgan fingerprint density at radius 3 is 2.31 bits per heavy atom. The van der Waals surface area contributed by atoms with Crippen LogP contribution in [-0.4, -0.2) is 10.4 Å². The van der Waals surface area contributed by atoms with Crippen molar-refractivity contribution in [3.8, 4) is 0 Å². The van der Waals surface area contributed by atoms with Crippen LogP contribution in [0.25, 0.3) is 0 Å². The third kappa shape index (κ3) is 2.47. The third-order valence-electron chi connectivity index (χ3n) is 2.41. The largest absolute Gasteiger partial charge is 0.293 e. The van der Waals surface area contributed by atoms with Crippen LogP contribution >= 0.6 is 15.9 Å². The predicted molar refractivity (Wildman–Crippen MR) is 65.3 cm³/mol. The molecule has 0 atom stereocenters. The van der Waals surface area contributed by atoms with Gasteiger partial charge >= 0.3 is 0 Å². The van der Waals surface area contributed by atoms with E-state index in [2.05, 4.69) is 15.9 Å². The van der Waals surface area contributed by atoms with Gasteiger partial charge in [-0.1, -0.05) is 42.5 Å². The molecule has 0 aromatic heterocycles. The molecule has 3 heteroatoms. The minimum Gasteiger partial charge on any atom is -0.293 e. The number of alkyl halides is 2. The van der Waals surface area contributed by atoms with Crippen molar-refractivity contribution in [2.75, 3.05) is 0 Å². The van der Waals surface area contributed by atoms with Crippen molar-refractivity contribution in [2.45, 2.75) is 4.58 Å². The number of carbonyl (C=O) groups is 1. The third-order valence-corrected chi connectivity index (χ3v) is 2.94. The molecule has 1 aliphatic carbocycles. The number of allylic oxidation sites excluding steroid dienone is 4. The zero-order valence-corrected chi connectivity index (χ0v) is 10.0. The average molecular weight is 281 g/mol. The number of Topliss-reactive ketones (excluding diaryl/α,β-unsaturated/α-hetero) is 1. The van der Waals surface area contributed by atoms with Crippen molar-refractivity contribution < 1.29 is 9.18 Å². The number of carbonyl (C=O) groups excluding carboxylic acids is 1. The fourth-order valence-corrected chi connectivity index (χ4v) is 1.86. The van der Waals surface area contributed by atoms with Gasteiger partial charge in [-0.3, -0.25) is 4.79 Å². The number of hydrogen-bond acceptors (Lipinski definition) is 1. The van der Waals surface area contributed by atoms with E-state index in [9.17, 15) is 9.18 Å². The standard InChI is InChI=1S/C13H10BrFO/c14-13(15)8-6-11(7-9-13)12(16)10-4-2-1-3-5-10/h1-9,11H. The Morgan fingerprint density at radius 2 is 1.75 bits per heavy atom. The number of halogens is 2. The molecular formula is C13H10BrFO. The first-order valence-corrected chi connectivity index (χ1v) is 5.74. The van der Waals surface area contributed by atoms with Crippen LogP contribution in [0.3, 0.4) is 0 Å². The SMILES string of the molecule is O=C(c1ccccc1)C1C=CC(F)(Br)C=C1. The summed E-state index contributed by atoms with van der Waals surface area (Å²) in [6, 6.07) is 9.00. The lowest BCUT2D eigenvalue weighted by molar-refractivity contribution is 0.0964. The van der Waals surface area contributed by atoms with Crippen LogP contribution in [-0.2, 0) is 0 Å². The van der Waals surface area contributed by atoms with E-state index in [0.717, 1.165) is 0 Å². The molecule has 0 saturated carbocycles. The maximum Gasteiger partial charge on any atom is 0.201 e. The molecule has 0 heterocycles. The minimum absolute atomic E-state index is 0.0175. The summed E-state index contributed by atoms with van der Waals surface area (Å²) in [6.45, 7) is 0. The van der Waals surface area contributed by atoms with Crippen molar-refractivity contribution in [2.24, 2.45) is 5.92 Å². The molecule has 0 amide bonds. The van der Waals surface area contributed by atoms with Gasteiger partial charge in [-0.05, 0) is 28.1 Å². The summed E-state index contributed by atoms with van der Waals surface area (Å²) in [5, 5.41) is 0. The van der Waals surface area contributed by atoms with Crippen molar-refractivity contribution >= 4 is 21.7 Å². The first kappa shape index (κ1) is 11.3. The Labute approximate surface area is 102 Å². The minimum atomic E-state index is -1.61. The van der Waals surface area contributed by atoms with E-state index in [1.54, 1.807) is 24.3 Å². The topological polar surface area (TPSA) is 17.1 Å². The van der Waals surface area contributed by atoms with E-state index in [0.29, 0.717) is 5.56 Å². The molecule has 0 saturated heterocycles. The van der Waals surface area contributed by atoms with Crippen LogP contribution < -0.4 is 0 Å². The molecular weight excluding hydrogens is 271 g/mol. The van der Waals surface area contributed by atoms with Crippen molar-refractivity contribution in [3.63, 3.8) is 0 Å². The van der Waals surface area contributed by atoms with Crippen molar-refractivity contribution in [3.05, 3.63) is 60.2 Å². The smallest absolute Gasteiger partial charge is 0.201 e. The summed E-state index contributed by atoms with van der Waals surface area (Å²) in [5.41, 5.74) is 0.641. The molecule has 0 unspecified atom stereocenters. The van der Waals surface area contributed by atoms with Crippen LogP contribution in [0.1, 0.15) is 10.4 Å². The van der Waals surface area contributed by atoms with Crippen LogP contribution in [0.4, 0.5) is 4.39 Å². The lowest BCUT2D eigenvalue weighted by atomic mass is 9.93. The number of ketones is 1. The van der Waals surface area contributed by atoms with Gasteiger partial charge in [0.1, 0.15) is 0 Å². The molecule has 1 nitrogen and oxygen atoms in total. The second-order valence-corrected chi connectivity index (χ2v) is 4.86. The molecule has 1 aromatic rings. The summed E-state index contributed by atoms with van der Waals surface area (Å²) < 4.78 is 11.7. The molecule has 0 radical (unpaired) electrons. The van der Waals surface area contributed by atoms with Crippen molar-refractivity contribution in [1.82, 2.24) is 0 Å². The normalized spacial score (nSPS) is 28.0. The maximum atomic E-state index is 13.3. The van der Waals surface area contributed by atoms with Gasteiger partial charge in [0.2, 0.25) is 4.58 Å². The van der Waals surface area contributed by atoms with Gasteiger partial charge in [0.15, 0.2) is 5.78 Å². The molecule has 0 fully saturated rings.